The maximum absolute atomic E-state index is 10.8. The van der Waals surface area contributed by atoms with Crippen molar-refractivity contribution in [3.63, 3.8) is 0 Å². The summed E-state index contributed by atoms with van der Waals surface area (Å²) in [5, 5.41) is 2.74. The molecular formula is C9H15NO3. The summed E-state index contributed by atoms with van der Waals surface area (Å²) < 4.78 is 4.49. The van der Waals surface area contributed by atoms with Crippen LogP contribution in [-0.2, 0) is 9.53 Å². The van der Waals surface area contributed by atoms with Crippen LogP contribution in [0.4, 0.5) is 4.79 Å². The Balaban J connectivity index is 2.24. The van der Waals surface area contributed by atoms with E-state index in [1.165, 1.54) is 7.11 Å². The van der Waals surface area contributed by atoms with Gasteiger partial charge in [-0.2, -0.15) is 0 Å². The molecule has 0 saturated heterocycles. The zero-order chi connectivity index (χ0) is 9.68. The van der Waals surface area contributed by atoms with Gasteiger partial charge in [-0.3, -0.25) is 0 Å². The first-order valence-corrected chi connectivity index (χ1v) is 4.56. The first-order valence-electron chi connectivity index (χ1n) is 4.56. The van der Waals surface area contributed by atoms with Crippen LogP contribution in [0.5, 0.6) is 0 Å². The van der Waals surface area contributed by atoms with Gasteiger partial charge in [0.25, 0.3) is 0 Å². The molecule has 1 fully saturated rings. The third-order valence-electron chi connectivity index (χ3n) is 2.47. The van der Waals surface area contributed by atoms with Crippen LogP contribution >= 0.6 is 0 Å². The van der Waals surface area contributed by atoms with E-state index in [1.807, 2.05) is 0 Å². The Kier molecular flexibility index (Phi) is 3.73. The van der Waals surface area contributed by atoms with Crippen LogP contribution in [0.25, 0.3) is 0 Å². The topological polar surface area (TPSA) is 55.4 Å². The molecule has 0 spiro atoms. The average Bonchev–Trinajstić information content (AvgIpc) is 2.19. The van der Waals surface area contributed by atoms with Crippen molar-refractivity contribution < 1.29 is 14.3 Å². The van der Waals surface area contributed by atoms with E-state index in [9.17, 15) is 9.59 Å². The van der Waals surface area contributed by atoms with Crippen molar-refractivity contribution in [2.45, 2.75) is 31.7 Å². The van der Waals surface area contributed by atoms with Crippen LogP contribution in [0.3, 0.4) is 0 Å². The van der Waals surface area contributed by atoms with Gasteiger partial charge in [-0.25, -0.2) is 4.79 Å². The number of amides is 1. The second kappa shape index (κ2) is 4.84. The highest BCUT2D eigenvalue weighted by atomic mass is 16.5. The Morgan fingerprint density at radius 3 is 2.46 bits per heavy atom. The Morgan fingerprint density at radius 2 is 2.00 bits per heavy atom. The Hall–Kier alpha value is -1.06. The highest BCUT2D eigenvalue weighted by Crippen LogP contribution is 2.22. The van der Waals surface area contributed by atoms with Crippen LogP contribution in [0.1, 0.15) is 25.7 Å². The number of nitrogens with one attached hydrogen (secondary N) is 1. The minimum absolute atomic E-state index is 0.184. The fourth-order valence-corrected chi connectivity index (χ4v) is 1.63. The second-order valence-electron chi connectivity index (χ2n) is 3.38. The molecule has 0 bridgehead atoms. The molecule has 4 nitrogen and oxygen atoms in total. The van der Waals surface area contributed by atoms with Crippen molar-refractivity contribution in [1.82, 2.24) is 5.32 Å². The summed E-state index contributed by atoms with van der Waals surface area (Å²) in [5.74, 6) is 0.190. The minimum atomic E-state index is -0.380. The quantitative estimate of drug-likeness (QED) is 0.655. The number of hydrogen-bond donors (Lipinski definition) is 1. The number of carbonyl (C=O) groups excluding carboxylic acids is 2. The molecule has 1 N–H and O–H groups in total. The molecule has 74 valence electrons. The van der Waals surface area contributed by atoms with Gasteiger partial charge in [0, 0.05) is 12.0 Å². The van der Waals surface area contributed by atoms with Gasteiger partial charge in [0.15, 0.2) is 0 Å². The maximum Gasteiger partial charge on any atom is 0.407 e. The van der Waals surface area contributed by atoms with Gasteiger partial charge in [-0.15, -0.1) is 0 Å². The molecule has 0 atom stereocenters. The summed E-state index contributed by atoms with van der Waals surface area (Å²) in [7, 11) is 1.35. The standard InChI is InChI=1S/C9H15NO3/c1-13-9(12)10-8-4-2-7(6-11)3-5-8/h6-8H,2-5H2,1H3,(H,10,12)/t7-,8-. The van der Waals surface area contributed by atoms with E-state index in [2.05, 4.69) is 10.1 Å². The normalized spacial score (nSPS) is 27.8. The first kappa shape index (κ1) is 10.0. The summed E-state index contributed by atoms with van der Waals surface area (Å²) in [5.41, 5.74) is 0. The molecule has 0 aromatic carbocycles. The smallest absolute Gasteiger partial charge is 0.407 e. The monoisotopic (exact) mass is 185 g/mol. The summed E-state index contributed by atoms with van der Waals surface area (Å²) in [6.07, 6.45) is 4.12. The molecule has 1 aliphatic rings. The van der Waals surface area contributed by atoms with Gasteiger partial charge in [-0.05, 0) is 25.7 Å². The molecular weight excluding hydrogens is 170 g/mol. The lowest BCUT2D eigenvalue weighted by atomic mass is 9.87. The molecule has 4 heteroatoms. The highest BCUT2D eigenvalue weighted by Gasteiger charge is 2.21. The summed E-state index contributed by atoms with van der Waals surface area (Å²) >= 11 is 0. The zero-order valence-corrected chi connectivity index (χ0v) is 7.79. The molecule has 13 heavy (non-hydrogen) atoms. The largest absolute Gasteiger partial charge is 0.453 e. The van der Waals surface area contributed by atoms with Crippen molar-refractivity contribution in [3.8, 4) is 0 Å². The van der Waals surface area contributed by atoms with E-state index >= 15 is 0 Å². The molecule has 0 heterocycles. The number of carbonyl (C=O) groups is 2. The summed E-state index contributed by atoms with van der Waals surface area (Å²) in [4.78, 5) is 21.3. The molecule has 1 aliphatic carbocycles. The van der Waals surface area contributed by atoms with E-state index in [4.69, 9.17) is 0 Å². The van der Waals surface area contributed by atoms with E-state index in [0.717, 1.165) is 32.0 Å². The molecule has 1 saturated carbocycles. The van der Waals surface area contributed by atoms with Crippen molar-refractivity contribution in [3.05, 3.63) is 0 Å². The molecule has 0 unspecified atom stereocenters. The molecule has 0 radical (unpaired) electrons. The predicted molar refractivity (Wildman–Crippen MR) is 47.4 cm³/mol. The third kappa shape index (κ3) is 3.05. The zero-order valence-electron chi connectivity index (χ0n) is 7.79. The van der Waals surface area contributed by atoms with Crippen molar-refractivity contribution in [2.24, 2.45) is 5.92 Å². The third-order valence-corrected chi connectivity index (χ3v) is 2.47. The molecule has 0 aromatic heterocycles. The summed E-state index contributed by atoms with van der Waals surface area (Å²) in [6, 6.07) is 0.184. The van der Waals surface area contributed by atoms with Crippen LogP contribution in [0.15, 0.2) is 0 Å². The van der Waals surface area contributed by atoms with Crippen molar-refractivity contribution >= 4 is 12.4 Å². The Morgan fingerprint density at radius 1 is 1.38 bits per heavy atom. The lowest BCUT2D eigenvalue weighted by molar-refractivity contribution is -0.111. The number of alkyl carbamates (subject to hydrolysis) is 1. The van der Waals surface area contributed by atoms with Gasteiger partial charge < -0.3 is 14.8 Å². The number of ether oxygens (including phenoxy) is 1. The maximum atomic E-state index is 10.8. The number of methoxy groups -OCH3 is 1. The van der Waals surface area contributed by atoms with Gasteiger partial charge in [-0.1, -0.05) is 0 Å². The Bertz CT molecular complexity index is 185. The van der Waals surface area contributed by atoms with Crippen LogP contribution in [0.2, 0.25) is 0 Å². The molecule has 0 aromatic rings. The van der Waals surface area contributed by atoms with Crippen LogP contribution < -0.4 is 5.32 Å². The fourth-order valence-electron chi connectivity index (χ4n) is 1.63. The van der Waals surface area contributed by atoms with Crippen molar-refractivity contribution in [2.75, 3.05) is 7.11 Å². The lowest BCUT2D eigenvalue weighted by Crippen LogP contribution is -2.37. The number of hydrogen-bond acceptors (Lipinski definition) is 3. The summed E-state index contributed by atoms with van der Waals surface area (Å²) in [6.45, 7) is 0. The highest BCUT2D eigenvalue weighted by molar-refractivity contribution is 5.67. The average molecular weight is 185 g/mol. The van der Waals surface area contributed by atoms with E-state index in [-0.39, 0.29) is 18.1 Å². The van der Waals surface area contributed by atoms with Gasteiger partial charge in [0.2, 0.25) is 0 Å². The van der Waals surface area contributed by atoms with E-state index in [1.54, 1.807) is 0 Å². The Labute approximate surface area is 77.6 Å². The second-order valence-corrected chi connectivity index (χ2v) is 3.38. The first-order chi connectivity index (χ1) is 6.26. The van der Waals surface area contributed by atoms with Crippen LogP contribution in [-0.4, -0.2) is 25.5 Å². The van der Waals surface area contributed by atoms with Crippen molar-refractivity contribution in [1.29, 1.82) is 0 Å². The molecule has 1 amide bonds. The SMILES string of the molecule is COC(=O)N[C@H]1CC[C@H](C=O)CC1. The molecule has 0 aliphatic heterocycles. The van der Waals surface area contributed by atoms with E-state index < -0.39 is 0 Å². The molecule has 1 rings (SSSR count). The number of rotatable bonds is 2. The predicted octanol–water partition coefficient (Wildman–Crippen LogP) is 1.10. The minimum Gasteiger partial charge on any atom is -0.453 e. The van der Waals surface area contributed by atoms with Gasteiger partial charge in [0.1, 0.15) is 6.29 Å². The van der Waals surface area contributed by atoms with E-state index in [0.29, 0.717) is 0 Å². The lowest BCUT2D eigenvalue weighted by Gasteiger charge is -2.25. The van der Waals surface area contributed by atoms with Gasteiger partial charge >= 0.3 is 6.09 Å². The van der Waals surface area contributed by atoms with Crippen LogP contribution in [0, 0.1) is 5.92 Å². The fraction of sp³-hybridized carbons (Fsp3) is 0.778. The van der Waals surface area contributed by atoms with Gasteiger partial charge in [0.05, 0.1) is 7.11 Å². The number of aldehydes is 1.